The van der Waals surface area contributed by atoms with Gasteiger partial charge < -0.3 is 0 Å². The molecule has 14 heavy (non-hydrogen) atoms. The fourth-order valence-corrected chi connectivity index (χ4v) is 1.70. The van der Waals surface area contributed by atoms with Crippen LogP contribution in [0.2, 0.25) is 0 Å². The summed E-state index contributed by atoms with van der Waals surface area (Å²) in [4.78, 5) is 10.2. The van der Waals surface area contributed by atoms with Gasteiger partial charge in [-0.05, 0) is 56.8 Å². The standard InChI is InChI=1S/C13H18O/c1-11(9-10-14)7-8-13-6-4-3-5-12(13)2/h7-10H,3-6H2,1-2H3/b8-7+,11-9-. The summed E-state index contributed by atoms with van der Waals surface area (Å²) >= 11 is 0. The molecule has 1 rings (SSSR count). The molecule has 0 amide bonds. The smallest absolute Gasteiger partial charge is 0.143 e. The Morgan fingerprint density at radius 1 is 1.29 bits per heavy atom. The van der Waals surface area contributed by atoms with Crippen molar-refractivity contribution in [1.29, 1.82) is 0 Å². The summed E-state index contributed by atoms with van der Waals surface area (Å²) in [5.41, 5.74) is 3.98. The molecule has 1 aliphatic carbocycles. The van der Waals surface area contributed by atoms with Gasteiger partial charge in [0.25, 0.3) is 0 Å². The molecular weight excluding hydrogens is 172 g/mol. The van der Waals surface area contributed by atoms with Gasteiger partial charge in [-0.2, -0.15) is 0 Å². The number of rotatable bonds is 3. The third-order valence-electron chi connectivity index (χ3n) is 2.67. The zero-order valence-electron chi connectivity index (χ0n) is 9.05. The van der Waals surface area contributed by atoms with Crippen molar-refractivity contribution in [1.82, 2.24) is 0 Å². The first kappa shape index (κ1) is 11.0. The molecule has 0 aromatic heterocycles. The largest absolute Gasteiger partial charge is 0.299 e. The Labute approximate surface area is 86.2 Å². The third kappa shape index (κ3) is 3.33. The minimum absolute atomic E-state index is 0.835. The number of hydrogen-bond acceptors (Lipinski definition) is 1. The normalized spacial score (nSPS) is 19.1. The van der Waals surface area contributed by atoms with Crippen molar-refractivity contribution in [2.24, 2.45) is 0 Å². The van der Waals surface area contributed by atoms with Crippen LogP contribution in [0.25, 0.3) is 0 Å². The molecule has 0 radical (unpaired) electrons. The van der Waals surface area contributed by atoms with E-state index in [1.165, 1.54) is 36.8 Å². The summed E-state index contributed by atoms with van der Waals surface area (Å²) in [6.07, 6.45) is 11.7. The van der Waals surface area contributed by atoms with Crippen molar-refractivity contribution in [2.75, 3.05) is 0 Å². The molecule has 0 N–H and O–H groups in total. The van der Waals surface area contributed by atoms with Gasteiger partial charge in [-0.15, -0.1) is 0 Å². The first-order chi connectivity index (χ1) is 6.74. The number of aldehydes is 1. The Morgan fingerprint density at radius 3 is 2.64 bits per heavy atom. The van der Waals surface area contributed by atoms with Crippen LogP contribution in [0.15, 0.2) is 34.9 Å². The highest BCUT2D eigenvalue weighted by atomic mass is 16.1. The highest BCUT2D eigenvalue weighted by Gasteiger charge is 2.05. The lowest BCUT2D eigenvalue weighted by atomic mass is 9.92. The lowest BCUT2D eigenvalue weighted by Gasteiger charge is -2.14. The van der Waals surface area contributed by atoms with Gasteiger partial charge in [-0.1, -0.05) is 17.7 Å². The number of carbonyl (C=O) groups is 1. The fraction of sp³-hybridized carbons (Fsp3) is 0.462. The van der Waals surface area contributed by atoms with E-state index in [1.54, 1.807) is 6.08 Å². The van der Waals surface area contributed by atoms with Gasteiger partial charge >= 0.3 is 0 Å². The summed E-state index contributed by atoms with van der Waals surface area (Å²) in [5.74, 6) is 0. The molecule has 0 saturated carbocycles. The maximum absolute atomic E-state index is 10.2. The fourth-order valence-electron chi connectivity index (χ4n) is 1.70. The molecule has 0 aromatic carbocycles. The maximum Gasteiger partial charge on any atom is 0.143 e. The molecular formula is C13H18O. The summed E-state index contributed by atoms with van der Waals surface area (Å²) in [6, 6.07) is 0. The van der Waals surface area contributed by atoms with Crippen molar-refractivity contribution in [3.8, 4) is 0 Å². The summed E-state index contributed by atoms with van der Waals surface area (Å²) in [5, 5.41) is 0. The quantitative estimate of drug-likeness (QED) is 0.377. The van der Waals surface area contributed by atoms with Gasteiger partial charge in [0.1, 0.15) is 6.29 Å². The SMILES string of the molecule is CC1=C(/C=C/C(C)=C\C=O)CCCC1. The highest BCUT2D eigenvalue weighted by molar-refractivity contribution is 5.67. The van der Waals surface area contributed by atoms with Crippen molar-refractivity contribution in [2.45, 2.75) is 39.5 Å². The van der Waals surface area contributed by atoms with Crippen LogP contribution >= 0.6 is 0 Å². The number of hydrogen-bond donors (Lipinski definition) is 0. The van der Waals surface area contributed by atoms with Gasteiger partial charge in [0.15, 0.2) is 0 Å². The average Bonchev–Trinajstić information content (AvgIpc) is 2.17. The van der Waals surface area contributed by atoms with E-state index < -0.39 is 0 Å². The van der Waals surface area contributed by atoms with Crippen LogP contribution in [-0.4, -0.2) is 6.29 Å². The van der Waals surface area contributed by atoms with E-state index >= 15 is 0 Å². The van der Waals surface area contributed by atoms with Gasteiger partial charge in [-0.25, -0.2) is 0 Å². The Hall–Kier alpha value is -1.11. The first-order valence-electron chi connectivity index (χ1n) is 5.23. The van der Waals surface area contributed by atoms with E-state index in [1.807, 2.05) is 13.0 Å². The predicted molar refractivity (Wildman–Crippen MR) is 60.1 cm³/mol. The average molecular weight is 190 g/mol. The van der Waals surface area contributed by atoms with Crippen LogP contribution < -0.4 is 0 Å². The van der Waals surface area contributed by atoms with E-state index in [9.17, 15) is 4.79 Å². The maximum atomic E-state index is 10.2. The molecule has 0 bridgehead atoms. The van der Waals surface area contributed by atoms with Gasteiger partial charge in [0.2, 0.25) is 0 Å². The summed E-state index contributed by atoms with van der Waals surface area (Å²) in [6.45, 7) is 4.15. The molecule has 0 aromatic rings. The molecule has 1 heteroatoms. The lowest BCUT2D eigenvalue weighted by Crippen LogP contribution is -1.94. The van der Waals surface area contributed by atoms with Crippen LogP contribution in [0, 0.1) is 0 Å². The van der Waals surface area contributed by atoms with Gasteiger partial charge in [0.05, 0.1) is 0 Å². The minimum Gasteiger partial charge on any atom is -0.299 e. The molecule has 0 spiro atoms. The van der Waals surface area contributed by atoms with Crippen molar-refractivity contribution in [3.63, 3.8) is 0 Å². The second kappa shape index (κ2) is 5.58. The Balaban J connectivity index is 2.67. The Kier molecular flexibility index (Phi) is 4.37. The Morgan fingerprint density at radius 2 is 2.00 bits per heavy atom. The lowest BCUT2D eigenvalue weighted by molar-refractivity contribution is -0.104. The molecule has 1 aliphatic rings. The van der Waals surface area contributed by atoms with Crippen molar-refractivity contribution in [3.05, 3.63) is 34.9 Å². The van der Waals surface area contributed by atoms with Crippen LogP contribution in [0.1, 0.15) is 39.5 Å². The topological polar surface area (TPSA) is 17.1 Å². The van der Waals surface area contributed by atoms with Crippen LogP contribution in [0.3, 0.4) is 0 Å². The molecule has 0 heterocycles. The molecule has 76 valence electrons. The number of carbonyl (C=O) groups excluding carboxylic acids is 1. The highest BCUT2D eigenvalue weighted by Crippen LogP contribution is 2.25. The summed E-state index contributed by atoms with van der Waals surface area (Å²) in [7, 11) is 0. The van der Waals surface area contributed by atoms with E-state index in [-0.39, 0.29) is 0 Å². The molecule has 0 atom stereocenters. The van der Waals surface area contributed by atoms with E-state index in [0.717, 1.165) is 11.9 Å². The van der Waals surface area contributed by atoms with E-state index in [4.69, 9.17) is 0 Å². The molecule has 0 saturated heterocycles. The van der Waals surface area contributed by atoms with Gasteiger partial charge in [-0.3, -0.25) is 4.79 Å². The monoisotopic (exact) mass is 190 g/mol. The summed E-state index contributed by atoms with van der Waals surface area (Å²) < 4.78 is 0. The molecule has 0 aliphatic heterocycles. The Bertz CT molecular complexity index is 292. The van der Waals surface area contributed by atoms with Gasteiger partial charge in [0, 0.05) is 0 Å². The second-order valence-corrected chi connectivity index (χ2v) is 3.89. The molecule has 0 fully saturated rings. The predicted octanol–water partition coefficient (Wildman–Crippen LogP) is 3.58. The van der Waals surface area contributed by atoms with Crippen LogP contribution in [-0.2, 0) is 4.79 Å². The zero-order chi connectivity index (χ0) is 10.4. The van der Waals surface area contributed by atoms with E-state index in [2.05, 4.69) is 13.0 Å². The zero-order valence-corrected chi connectivity index (χ0v) is 9.05. The molecule has 0 unspecified atom stereocenters. The van der Waals surface area contributed by atoms with Crippen molar-refractivity contribution < 1.29 is 4.79 Å². The third-order valence-corrected chi connectivity index (χ3v) is 2.67. The first-order valence-corrected chi connectivity index (χ1v) is 5.23. The minimum atomic E-state index is 0.835. The molecule has 1 nitrogen and oxygen atoms in total. The van der Waals surface area contributed by atoms with Crippen molar-refractivity contribution >= 4 is 6.29 Å². The number of allylic oxidation sites excluding steroid dienone is 6. The van der Waals surface area contributed by atoms with Crippen LogP contribution in [0.5, 0.6) is 0 Å². The van der Waals surface area contributed by atoms with Crippen LogP contribution in [0.4, 0.5) is 0 Å². The second-order valence-electron chi connectivity index (χ2n) is 3.89. The van der Waals surface area contributed by atoms with E-state index in [0.29, 0.717) is 0 Å².